The highest BCUT2D eigenvalue weighted by molar-refractivity contribution is 5.85. The zero-order chi connectivity index (χ0) is 10.7. The maximum atomic E-state index is 13.1. The lowest BCUT2D eigenvalue weighted by Gasteiger charge is -2.30. The van der Waals surface area contributed by atoms with E-state index in [0.29, 0.717) is 19.8 Å². The number of benzene rings is 1. The van der Waals surface area contributed by atoms with Gasteiger partial charge in [0.15, 0.2) is 0 Å². The minimum absolute atomic E-state index is 0. The molecular weight excluding hydrogens is 231 g/mol. The van der Waals surface area contributed by atoms with Crippen LogP contribution in [0.25, 0.3) is 0 Å². The molecule has 0 bridgehead atoms. The lowest BCUT2D eigenvalue weighted by atomic mass is 10.1. The Bertz CT molecular complexity index is 343. The normalized spacial score (nSPS) is 15.8. The van der Waals surface area contributed by atoms with Crippen LogP contribution in [0.4, 0.5) is 10.1 Å². The number of anilines is 1. The predicted molar refractivity (Wildman–Crippen MR) is 64.6 cm³/mol. The van der Waals surface area contributed by atoms with Gasteiger partial charge in [0.1, 0.15) is 5.82 Å². The van der Waals surface area contributed by atoms with Crippen molar-refractivity contribution in [2.24, 2.45) is 5.73 Å². The van der Waals surface area contributed by atoms with E-state index in [1.165, 1.54) is 6.07 Å². The Hall–Kier alpha value is -0.840. The third kappa shape index (κ3) is 2.84. The average molecular weight is 247 g/mol. The van der Waals surface area contributed by atoms with Crippen molar-refractivity contribution < 1.29 is 9.13 Å². The summed E-state index contributed by atoms with van der Waals surface area (Å²) in [5, 5.41) is 0. The van der Waals surface area contributed by atoms with Crippen LogP contribution in [-0.2, 0) is 11.3 Å². The Morgan fingerprint density at radius 2 is 2.00 bits per heavy atom. The zero-order valence-electron chi connectivity index (χ0n) is 8.99. The number of nitrogens with two attached hydrogens (primary N) is 1. The Morgan fingerprint density at radius 1 is 1.31 bits per heavy atom. The summed E-state index contributed by atoms with van der Waals surface area (Å²) in [6.45, 7) is 3.43. The lowest BCUT2D eigenvalue weighted by molar-refractivity contribution is 0.122. The number of ether oxygens (including phenoxy) is 1. The van der Waals surface area contributed by atoms with Gasteiger partial charge >= 0.3 is 0 Å². The van der Waals surface area contributed by atoms with Crippen LogP contribution >= 0.6 is 12.4 Å². The molecule has 1 aliphatic heterocycles. The van der Waals surface area contributed by atoms with Gasteiger partial charge in [0.25, 0.3) is 0 Å². The molecule has 1 aliphatic rings. The molecule has 0 unspecified atom stereocenters. The molecule has 2 N–H and O–H groups in total. The fraction of sp³-hybridized carbons (Fsp3) is 0.455. The SMILES string of the molecule is Cl.NCc1ccc(F)cc1N1CCOCC1. The molecule has 16 heavy (non-hydrogen) atoms. The largest absolute Gasteiger partial charge is 0.378 e. The Kier molecular flexibility index (Phi) is 4.99. The van der Waals surface area contributed by atoms with Gasteiger partial charge < -0.3 is 15.4 Å². The van der Waals surface area contributed by atoms with Gasteiger partial charge in [0.05, 0.1) is 13.2 Å². The van der Waals surface area contributed by atoms with E-state index in [-0.39, 0.29) is 18.2 Å². The molecule has 0 saturated carbocycles. The summed E-state index contributed by atoms with van der Waals surface area (Å²) in [4.78, 5) is 2.12. The van der Waals surface area contributed by atoms with Crippen LogP contribution in [0.3, 0.4) is 0 Å². The van der Waals surface area contributed by atoms with E-state index in [1.807, 2.05) is 0 Å². The van der Waals surface area contributed by atoms with E-state index >= 15 is 0 Å². The van der Waals surface area contributed by atoms with Crippen molar-refractivity contribution in [2.45, 2.75) is 6.54 Å². The molecular formula is C11H16ClFN2O. The second kappa shape index (κ2) is 6.03. The van der Waals surface area contributed by atoms with Crippen molar-refractivity contribution in [3.8, 4) is 0 Å². The maximum absolute atomic E-state index is 13.1. The third-order valence-electron chi connectivity index (χ3n) is 2.62. The minimum Gasteiger partial charge on any atom is -0.378 e. The fourth-order valence-electron chi connectivity index (χ4n) is 1.81. The molecule has 1 aromatic rings. The molecule has 1 heterocycles. The van der Waals surface area contributed by atoms with Gasteiger partial charge in [0.2, 0.25) is 0 Å². The van der Waals surface area contributed by atoms with E-state index in [4.69, 9.17) is 10.5 Å². The standard InChI is InChI=1S/C11H15FN2O.ClH/c12-10-2-1-9(8-13)11(7-10)14-3-5-15-6-4-14;/h1-2,7H,3-6,8,13H2;1H. The monoisotopic (exact) mass is 246 g/mol. The first-order valence-corrected chi connectivity index (χ1v) is 5.12. The second-order valence-corrected chi connectivity index (χ2v) is 3.58. The molecule has 0 aromatic heterocycles. The fourth-order valence-corrected chi connectivity index (χ4v) is 1.81. The van der Waals surface area contributed by atoms with E-state index < -0.39 is 0 Å². The molecule has 0 spiro atoms. The first-order chi connectivity index (χ1) is 7.31. The molecule has 1 saturated heterocycles. The van der Waals surface area contributed by atoms with Crippen molar-refractivity contribution in [2.75, 3.05) is 31.2 Å². The minimum atomic E-state index is -0.214. The van der Waals surface area contributed by atoms with Crippen LogP contribution in [0, 0.1) is 5.82 Å². The zero-order valence-corrected chi connectivity index (χ0v) is 9.80. The molecule has 3 nitrogen and oxygen atoms in total. The molecule has 2 rings (SSSR count). The molecule has 0 atom stereocenters. The predicted octanol–water partition coefficient (Wildman–Crippen LogP) is 1.54. The Balaban J connectivity index is 0.00000128. The highest BCUT2D eigenvalue weighted by Gasteiger charge is 2.14. The summed E-state index contributed by atoms with van der Waals surface area (Å²) in [5.74, 6) is -0.214. The van der Waals surface area contributed by atoms with Crippen molar-refractivity contribution in [1.82, 2.24) is 0 Å². The number of hydrogen-bond donors (Lipinski definition) is 1. The molecule has 90 valence electrons. The van der Waals surface area contributed by atoms with Crippen molar-refractivity contribution in [1.29, 1.82) is 0 Å². The highest BCUT2D eigenvalue weighted by atomic mass is 35.5. The van der Waals surface area contributed by atoms with Crippen LogP contribution in [-0.4, -0.2) is 26.3 Å². The number of rotatable bonds is 2. The summed E-state index contributed by atoms with van der Waals surface area (Å²) >= 11 is 0. The van der Waals surface area contributed by atoms with Gasteiger partial charge in [-0.2, -0.15) is 0 Å². The van der Waals surface area contributed by atoms with Crippen molar-refractivity contribution >= 4 is 18.1 Å². The topological polar surface area (TPSA) is 38.5 Å². The van der Waals surface area contributed by atoms with E-state index in [0.717, 1.165) is 24.3 Å². The molecule has 1 fully saturated rings. The number of hydrogen-bond acceptors (Lipinski definition) is 3. The maximum Gasteiger partial charge on any atom is 0.125 e. The van der Waals surface area contributed by atoms with Crippen LogP contribution < -0.4 is 10.6 Å². The summed E-state index contributed by atoms with van der Waals surface area (Å²) in [6.07, 6.45) is 0. The van der Waals surface area contributed by atoms with Gasteiger partial charge in [-0.05, 0) is 17.7 Å². The second-order valence-electron chi connectivity index (χ2n) is 3.58. The van der Waals surface area contributed by atoms with Gasteiger partial charge in [-0.15, -0.1) is 12.4 Å². The average Bonchev–Trinajstić information content (AvgIpc) is 2.30. The van der Waals surface area contributed by atoms with Gasteiger partial charge in [-0.1, -0.05) is 6.07 Å². The number of halogens is 2. The third-order valence-corrected chi connectivity index (χ3v) is 2.62. The first kappa shape index (κ1) is 13.2. The summed E-state index contributed by atoms with van der Waals surface area (Å²) in [7, 11) is 0. The van der Waals surface area contributed by atoms with Gasteiger partial charge in [0, 0.05) is 25.3 Å². The Morgan fingerprint density at radius 3 is 2.62 bits per heavy atom. The molecule has 0 aliphatic carbocycles. The molecule has 1 aromatic carbocycles. The van der Waals surface area contributed by atoms with Crippen LogP contribution in [0.15, 0.2) is 18.2 Å². The van der Waals surface area contributed by atoms with Crippen molar-refractivity contribution in [3.63, 3.8) is 0 Å². The summed E-state index contributed by atoms with van der Waals surface area (Å²) < 4.78 is 18.4. The van der Waals surface area contributed by atoms with Crippen LogP contribution in [0.5, 0.6) is 0 Å². The number of nitrogens with zero attached hydrogens (tertiary/aromatic N) is 1. The smallest absolute Gasteiger partial charge is 0.125 e. The van der Waals surface area contributed by atoms with E-state index in [1.54, 1.807) is 12.1 Å². The van der Waals surface area contributed by atoms with Gasteiger partial charge in [-0.25, -0.2) is 4.39 Å². The van der Waals surface area contributed by atoms with Crippen LogP contribution in [0.2, 0.25) is 0 Å². The summed E-state index contributed by atoms with van der Waals surface area (Å²) in [6, 6.07) is 4.75. The lowest BCUT2D eigenvalue weighted by Crippen LogP contribution is -2.37. The number of morpholine rings is 1. The first-order valence-electron chi connectivity index (χ1n) is 5.12. The molecule has 0 amide bonds. The summed E-state index contributed by atoms with van der Waals surface area (Å²) in [5.41, 5.74) is 7.52. The highest BCUT2D eigenvalue weighted by Crippen LogP contribution is 2.22. The van der Waals surface area contributed by atoms with E-state index in [2.05, 4.69) is 4.90 Å². The molecule has 5 heteroatoms. The Labute approximate surface area is 101 Å². The van der Waals surface area contributed by atoms with Crippen LogP contribution in [0.1, 0.15) is 5.56 Å². The van der Waals surface area contributed by atoms with E-state index in [9.17, 15) is 4.39 Å². The van der Waals surface area contributed by atoms with Crippen molar-refractivity contribution in [3.05, 3.63) is 29.6 Å². The van der Waals surface area contributed by atoms with Gasteiger partial charge in [-0.3, -0.25) is 0 Å². The molecule has 0 radical (unpaired) electrons. The quantitative estimate of drug-likeness (QED) is 0.861.